The van der Waals surface area contributed by atoms with Gasteiger partial charge in [-0.05, 0) is 37.1 Å². The summed E-state index contributed by atoms with van der Waals surface area (Å²) in [6, 6.07) is 12.2. The molecule has 2 rings (SSSR count). The largest absolute Gasteiger partial charge is 0.396 e. The molecule has 0 fully saturated rings. The van der Waals surface area contributed by atoms with E-state index >= 15 is 0 Å². The molecule has 1 aromatic carbocycles. The van der Waals surface area contributed by atoms with Crippen molar-refractivity contribution in [3.8, 4) is 11.3 Å². The van der Waals surface area contributed by atoms with Gasteiger partial charge in [-0.3, -0.25) is 4.98 Å². The minimum absolute atomic E-state index is 0.142. The normalized spacial score (nSPS) is 10.5. The summed E-state index contributed by atoms with van der Waals surface area (Å²) in [5, 5.41) is 8.94. The zero-order valence-corrected chi connectivity index (χ0v) is 10.3. The molecule has 0 aliphatic rings. The Hall–Kier alpha value is -1.67. The number of aryl methyl sites for hydroxylation is 1. The number of nitrogens with zero attached hydrogens (tertiary/aromatic N) is 1. The Morgan fingerprint density at radius 2 is 1.82 bits per heavy atom. The zero-order valence-electron chi connectivity index (χ0n) is 10.3. The van der Waals surface area contributed by atoms with Crippen molar-refractivity contribution in [3.05, 3.63) is 53.2 Å². The second kappa shape index (κ2) is 5.11. The number of aliphatic hydroxyl groups is 1. The number of aliphatic hydroxyl groups excluding tert-OH is 1. The molecule has 1 N–H and O–H groups in total. The maximum absolute atomic E-state index is 8.94. The monoisotopic (exact) mass is 227 g/mol. The molecule has 2 nitrogen and oxygen atoms in total. The van der Waals surface area contributed by atoms with Crippen LogP contribution in [0, 0.1) is 13.8 Å². The average molecular weight is 227 g/mol. The van der Waals surface area contributed by atoms with Gasteiger partial charge in [0.25, 0.3) is 0 Å². The molecule has 0 unspecified atom stereocenters. The van der Waals surface area contributed by atoms with Gasteiger partial charge in [-0.25, -0.2) is 0 Å². The van der Waals surface area contributed by atoms with Gasteiger partial charge in [0.1, 0.15) is 0 Å². The van der Waals surface area contributed by atoms with E-state index in [1.807, 2.05) is 18.2 Å². The fourth-order valence-electron chi connectivity index (χ4n) is 1.91. The Morgan fingerprint density at radius 3 is 2.59 bits per heavy atom. The molecule has 0 saturated carbocycles. The summed E-state index contributed by atoms with van der Waals surface area (Å²) < 4.78 is 0. The molecule has 17 heavy (non-hydrogen) atoms. The van der Waals surface area contributed by atoms with Gasteiger partial charge in [0.05, 0.1) is 5.69 Å². The maximum atomic E-state index is 8.94. The molecule has 1 heterocycles. The molecule has 0 aliphatic carbocycles. The Bertz CT molecular complexity index is 520. The molecular formula is C15H17NO. The van der Waals surface area contributed by atoms with E-state index in [1.54, 1.807) is 0 Å². The zero-order chi connectivity index (χ0) is 12.3. The van der Waals surface area contributed by atoms with Gasteiger partial charge in [0, 0.05) is 24.3 Å². The third kappa shape index (κ3) is 2.53. The molecule has 0 amide bonds. The van der Waals surface area contributed by atoms with Crippen molar-refractivity contribution in [1.82, 2.24) is 4.98 Å². The van der Waals surface area contributed by atoms with E-state index in [-0.39, 0.29) is 6.61 Å². The quantitative estimate of drug-likeness (QED) is 0.874. The highest BCUT2D eigenvalue weighted by atomic mass is 16.3. The van der Waals surface area contributed by atoms with Gasteiger partial charge < -0.3 is 5.11 Å². The topological polar surface area (TPSA) is 33.1 Å². The summed E-state index contributed by atoms with van der Waals surface area (Å²) in [4.78, 5) is 4.57. The molecule has 0 aliphatic heterocycles. The van der Waals surface area contributed by atoms with Crippen molar-refractivity contribution in [2.45, 2.75) is 20.3 Å². The summed E-state index contributed by atoms with van der Waals surface area (Å²) in [5.74, 6) is 0. The molecule has 0 radical (unpaired) electrons. The van der Waals surface area contributed by atoms with Gasteiger partial charge in [0.2, 0.25) is 0 Å². The van der Waals surface area contributed by atoms with Crippen molar-refractivity contribution >= 4 is 0 Å². The smallest absolute Gasteiger partial charge is 0.0708 e. The first-order valence-electron chi connectivity index (χ1n) is 5.86. The van der Waals surface area contributed by atoms with Gasteiger partial charge in [-0.2, -0.15) is 0 Å². The van der Waals surface area contributed by atoms with Crippen molar-refractivity contribution in [3.63, 3.8) is 0 Å². The third-order valence-corrected chi connectivity index (χ3v) is 3.06. The Kier molecular flexibility index (Phi) is 3.55. The first kappa shape index (κ1) is 11.8. The van der Waals surface area contributed by atoms with E-state index in [4.69, 9.17) is 5.11 Å². The summed E-state index contributed by atoms with van der Waals surface area (Å²) >= 11 is 0. The highest BCUT2D eigenvalue weighted by molar-refractivity contribution is 5.64. The van der Waals surface area contributed by atoms with Crippen LogP contribution in [0.1, 0.15) is 16.8 Å². The molecule has 2 heteroatoms. The Morgan fingerprint density at radius 1 is 1.06 bits per heavy atom. The minimum Gasteiger partial charge on any atom is -0.396 e. The molecule has 0 atom stereocenters. The van der Waals surface area contributed by atoms with Crippen LogP contribution in [0.5, 0.6) is 0 Å². The maximum Gasteiger partial charge on any atom is 0.0708 e. The highest BCUT2D eigenvalue weighted by Crippen LogP contribution is 2.23. The third-order valence-electron chi connectivity index (χ3n) is 3.06. The van der Waals surface area contributed by atoms with Crippen molar-refractivity contribution in [1.29, 1.82) is 0 Å². The number of aromatic nitrogens is 1. The summed E-state index contributed by atoms with van der Waals surface area (Å²) in [5.41, 5.74) is 5.63. The van der Waals surface area contributed by atoms with E-state index in [0.717, 1.165) is 11.4 Å². The fourth-order valence-corrected chi connectivity index (χ4v) is 1.91. The van der Waals surface area contributed by atoms with E-state index in [0.29, 0.717) is 6.42 Å². The SMILES string of the molecule is Cc1cccc(-c2cccc(CCO)n2)c1C. The number of benzene rings is 1. The lowest BCUT2D eigenvalue weighted by Gasteiger charge is -2.09. The lowest BCUT2D eigenvalue weighted by atomic mass is 10.0. The van der Waals surface area contributed by atoms with Gasteiger partial charge >= 0.3 is 0 Å². The Labute approximate surface area is 102 Å². The van der Waals surface area contributed by atoms with Gasteiger partial charge in [-0.15, -0.1) is 0 Å². The molecule has 0 spiro atoms. The van der Waals surface area contributed by atoms with Gasteiger partial charge in [-0.1, -0.05) is 24.3 Å². The van der Waals surface area contributed by atoms with Crippen LogP contribution in [0.2, 0.25) is 0 Å². The second-order valence-corrected chi connectivity index (χ2v) is 4.24. The molecular weight excluding hydrogens is 210 g/mol. The van der Waals surface area contributed by atoms with Crippen LogP contribution in [-0.2, 0) is 6.42 Å². The molecule has 0 bridgehead atoms. The average Bonchev–Trinajstić information content (AvgIpc) is 2.33. The highest BCUT2D eigenvalue weighted by Gasteiger charge is 2.05. The summed E-state index contributed by atoms with van der Waals surface area (Å²) in [6.45, 7) is 4.37. The first-order valence-corrected chi connectivity index (χ1v) is 5.86. The van der Waals surface area contributed by atoms with Crippen LogP contribution in [0.4, 0.5) is 0 Å². The number of pyridine rings is 1. The predicted octanol–water partition coefficient (Wildman–Crippen LogP) is 2.90. The number of hydrogen-bond acceptors (Lipinski definition) is 2. The van der Waals surface area contributed by atoms with E-state index < -0.39 is 0 Å². The minimum atomic E-state index is 0.142. The van der Waals surface area contributed by atoms with Crippen LogP contribution in [0.25, 0.3) is 11.3 Å². The van der Waals surface area contributed by atoms with Crippen LogP contribution in [0.15, 0.2) is 36.4 Å². The van der Waals surface area contributed by atoms with Crippen molar-refractivity contribution < 1.29 is 5.11 Å². The van der Waals surface area contributed by atoms with Crippen LogP contribution < -0.4 is 0 Å². The standard InChI is InChI=1S/C15H17NO/c1-11-5-3-7-14(12(11)2)15-8-4-6-13(16-15)9-10-17/h3-8,17H,9-10H2,1-2H3. The van der Waals surface area contributed by atoms with Crippen LogP contribution in [-0.4, -0.2) is 16.7 Å². The predicted molar refractivity (Wildman–Crippen MR) is 69.9 cm³/mol. The van der Waals surface area contributed by atoms with Crippen LogP contribution in [0.3, 0.4) is 0 Å². The van der Waals surface area contributed by atoms with E-state index in [1.165, 1.54) is 16.7 Å². The molecule has 88 valence electrons. The summed E-state index contributed by atoms with van der Waals surface area (Å²) in [7, 11) is 0. The molecule has 0 saturated heterocycles. The van der Waals surface area contributed by atoms with Crippen molar-refractivity contribution in [2.24, 2.45) is 0 Å². The first-order chi connectivity index (χ1) is 8.22. The van der Waals surface area contributed by atoms with Crippen LogP contribution >= 0.6 is 0 Å². The van der Waals surface area contributed by atoms with E-state index in [9.17, 15) is 0 Å². The van der Waals surface area contributed by atoms with E-state index in [2.05, 4.69) is 37.0 Å². The summed E-state index contributed by atoms with van der Waals surface area (Å²) in [6.07, 6.45) is 0.610. The number of hydrogen-bond donors (Lipinski definition) is 1. The number of rotatable bonds is 3. The lowest BCUT2D eigenvalue weighted by Crippen LogP contribution is -1.97. The molecule has 1 aromatic heterocycles. The molecule has 2 aromatic rings. The fraction of sp³-hybridized carbons (Fsp3) is 0.267. The second-order valence-electron chi connectivity index (χ2n) is 4.24. The van der Waals surface area contributed by atoms with Crippen molar-refractivity contribution in [2.75, 3.05) is 6.61 Å². The van der Waals surface area contributed by atoms with Gasteiger partial charge in [0.15, 0.2) is 0 Å². The lowest BCUT2D eigenvalue weighted by molar-refractivity contribution is 0.298. The Balaban J connectivity index is 2.45.